The summed E-state index contributed by atoms with van der Waals surface area (Å²) in [5, 5.41) is 3.47. The minimum Gasteiger partial charge on any atom is -0.385 e. The highest BCUT2D eigenvalue weighted by Crippen LogP contribution is 2.09. The van der Waals surface area contributed by atoms with Gasteiger partial charge in [-0.15, -0.1) is 0 Å². The summed E-state index contributed by atoms with van der Waals surface area (Å²) >= 11 is 0. The van der Waals surface area contributed by atoms with Gasteiger partial charge < -0.3 is 10.1 Å². The highest BCUT2D eigenvalue weighted by molar-refractivity contribution is 4.61. The molecule has 1 unspecified atom stereocenters. The third-order valence-corrected chi connectivity index (χ3v) is 2.29. The number of rotatable bonds is 9. The molecule has 0 spiro atoms. The van der Waals surface area contributed by atoms with Crippen LogP contribution in [0, 0.1) is 5.92 Å². The maximum Gasteiger partial charge on any atom is 0.0465 e. The molecular formula is C11H25NO. The molecule has 0 saturated carbocycles. The first-order chi connectivity index (χ1) is 6.35. The van der Waals surface area contributed by atoms with Crippen molar-refractivity contribution >= 4 is 0 Å². The molecule has 0 heterocycles. The molecule has 13 heavy (non-hydrogen) atoms. The number of ether oxygens (including phenoxy) is 1. The highest BCUT2D eigenvalue weighted by atomic mass is 16.5. The van der Waals surface area contributed by atoms with Crippen LogP contribution < -0.4 is 5.32 Å². The quantitative estimate of drug-likeness (QED) is 0.560. The molecule has 0 aliphatic carbocycles. The van der Waals surface area contributed by atoms with Gasteiger partial charge in [-0.3, -0.25) is 0 Å². The van der Waals surface area contributed by atoms with E-state index in [2.05, 4.69) is 19.2 Å². The number of hydrogen-bond acceptors (Lipinski definition) is 2. The summed E-state index contributed by atoms with van der Waals surface area (Å²) in [5.41, 5.74) is 0. The minimum absolute atomic E-state index is 0.802. The van der Waals surface area contributed by atoms with Gasteiger partial charge in [0, 0.05) is 13.7 Å². The maximum atomic E-state index is 5.10. The Hall–Kier alpha value is -0.0800. The maximum absolute atomic E-state index is 5.10. The van der Waals surface area contributed by atoms with Crippen molar-refractivity contribution in [2.24, 2.45) is 5.92 Å². The van der Waals surface area contributed by atoms with Crippen molar-refractivity contribution in [2.75, 3.05) is 26.8 Å². The summed E-state index contributed by atoms with van der Waals surface area (Å²) in [6.07, 6.45) is 5.02. The molecule has 0 aromatic heterocycles. The normalized spacial score (nSPS) is 13.2. The van der Waals surface area contributed by atoms with Gasteiger partial charge >= 0.3 is 0 Å². The molecule has 0 aromatic carbocycles. The molecule has 0 aliphatic heterocycles. The highest BCUT2D eigenvalue weighted by Gasteiger charge is 2.06. The van der Waals surface area contributed by atoms with Gasteiger partial charge in [0.1, 0.15) is 0 Å². The summed E-state index contributed by atoms with van der Waals surface area (Å²) in [6.45, 7) is 7.66. The van der Waals surface area contributed by atoms with Gasteiger partial charge in [0.15, 0.2) is 0 Å². The molecule has 0 aromatic rings. The monoisotopic (exact) mass is 187 g/mol. The van der Waals surface area contributed by atoms with Crippen LogP contribution in [0.5, 0.6) is 0 Å². The predicted molar refractivity (Wildman–Crippen MR) is 58.1 cm³/mol. The van der Waals surface area contributed by atoms with Crippen molar-refractivity contribution in [3.05, 3.63) is 0 Å². The van der Waals surface area contributed by atoms with E-state index in [0.717, 1.165) is 25.6 Å². The molecule has 2 nitrogen and oxygen atoms in total. The second-order valence-corrected chi connectivity index (χ2v) is 3.64. The van der Waals surface area contributed by atoms with E-state index in [1.807, 2.05) is 0 Å². The third kappa shape index (κ3) is 8.26. The van der Waals surface area contributed by atoms with E-state index in [-0.39, 0.29) is 0 Å². The van der Waals surface area contributed by atoms with Crippen molar-refractivity contribution in [1.82, 2.24) is 5.32 Å². The van der Waals surface area contributed by atoms with Crippen LogP contribution in [0.3, 0.4) is 0 Å². The molecule has 1 atom stereocenters. The molecule has 0 amide bonds. The van der Waals surface area contributed by atoms with Gasteiger partial charge in [0.2, 0.25) is 0 Å². The van der Waals surface area contributed by atoms with Gasteiger partial charge in [-0.25, -0.2) is 0 Å². The molecule has 80 valence electrons. The molecule has 0 rings (SSSR count). The lowest BCUT2D eigenvalue weighted by atomic mass is 10.0. The van der Waals surface area contributed by atoms with Crippen molar-refractivity contribution < 1.29 is 4.74 Å². The van der Waals surface area contributed by atoms with Crippen molar-refractivity contribution in [2.45, 2.75) is 39.5 Å². The van der Waals surface area contributed by atoms with Crippen LogP contribution >= 0.6 is 0 Å². The molecule has 1 N–H and O–H groups in total. The van der Waals surface area contributed by atoms with Crippen molar-refractivity contribution in [3.63, 3.8) is 0 Å². The van der Waals surface area contributed by atoms with Gasteiger partial charge in [-0.1, -0.05) is 20.3 Å². The largest absolute Gasteiger partial charge is 0.385 e. The van der Waals surface area contributed by atoms with E-state index in [1.54, 1.807) is 7.11 Å². The first-order valence-electron chi connectivity index (χ1n) is 5.54. The lowest BCUT2D eigenvalue weighted by molar-refractivity contribution is 0.174. The Balaban J connectivity index is 3.41. The van der Waals surface area contributed by atoms with E-state index in [9.17, 15) is 0 Å². The fourth-order valence-corrected chi connectivity index (χ4v) is 1.52. The Morgan fingerprint density at radius 2 is 1.92 bits per heavy atom. The molecule has 0 bridgehead atoms. The van der Waals surface area contributed by atoms with Gasteiger partial charge in [0.25, 0.3) is 0 Å². The zero-order valence-corrected chi connectivity index (χ0v) is 9.44. The topological polar surface area (TPSA) is 21.3 Å². The van der Waals surface area contributed by atoms with Gasteiger partial charge in [-0.05, 0) is 38.3 Å². The Morgan fingerprint density at radius 1 is 1.15 bits per heavy atom. The smallest absolute Gasteiger partial charge is 0.0465 e. The Bertz CT molecular complexity index is 96.1. The average Bonchev–Trinajstić information content (AvgIpc) is 2.14. The Labute approximate surface area is 83.1 Å². The van der Waals surface area contributed by atoms with Gasteiger partial charge in [0.05, 0.1) is 0 Å². The fraction of sp³-hybridized carbons (Fsp3) is 1.00. The number of hydrogen-bond donors (Lipinski definition) is 1. The number of nitrogens with one attached hydrogen (secondary N) is 1. The zero-order valence-electron chi connectivity index (χ0n) is 9.44. The van der Waals surface area contributed by atoms with Crippen LogP contribution in [0.15, 0.2) is 0 Å². The lowest BCUT2D eigenvalue weighted by Crippen LogP contribution is -2.24. The van der Waals surface area contributed by atoms with Crippen LogP contribution in [-0.4, -0.2) is 26.8 Å². The fourth-order valence-electron chi connectivity index (χ4n) is 1.52. The van der Waals surface area contributed by atoms with Crippen molar-refractivity contribution in [1.29, 1.82) is 0 Å². The third-order valence-electron chi connectivity index (χ3n) is 2.29. The van der Waals surface area contributed by atoms with E-state index in [4.69, 9.17) is 4.74 Å². The second-order valence-electron chi connectivity index (χ2n) is 3.64. The van der Waals surface area contributed by atoms with E-state index in [0.29, 0.717) is 0 Å². The molecule has 0 fully saturated rings. The van der Waals surface area contributed by atoms with Crippen LogP contribution in [0.2, 0.25) is 0 Å². The summed E-state index contributed by atoms with van der Waals surface area (Å²) in [5.74, 6) is 0.802. The molecule has 0 aliphatic rings. The molecule has 0 radical (unpaired) electrons. The summed E-state index contributed by atoms with van der Waals surface area (Å²) < 4.78 is 5.10. The molecule has 2 heteroatoms. The van der Waals surface area contributed by atoms with Crippen LogP contribution in [0.25, 0.3) is 0 Å². The zero-order chi connectivity index (χ0) is 9.94. The second kappa shape index (κ2) is 10.0. The standard InChI is InChI=1S/C11H25NO/c1-4-6-11(7-9-13-3)10-12-8-5-2/h11-12H,4-10H2,1-3H3. The first kappa shape index (κ1) is 12.9. The van der Waals surface area contributed by atoms with Gasteiger partial charge in [-0.2, -0.15) is 0 Å². The Kier molecular flexibility index (Phi) is 9.94. The van der Waals surface area contributed by atoms with E-state index < -0.39 is 0 Å². The summed E-state index contributed by atoms with van der Waals surface area (Å²) in [4.78, 5) is 0. The van der Waals surface area contributed by atoms with Crippen LogP contribution in [0.1, 0.15) is 39.5 Å². The SMILES string of the molecule is CCCNCC(CCC)CCOC. The summed E-state index contributed by atoms with van der Waals surface area (Å²) in [6, 6.07) is 0. The van der Waals surface area contributed by atoms with Crippen LogP contribution in [-0.2, 0) is 4.74 Å². The molecule has 0 saturated heterocycles. The minimum atomic E-state index is 0.802. The Morgan fingerprint density at radius 3 is 2.46 bits per heavy atom. The van der Waals surface area contributed by atoms with E-state index in [1.165, 1.54) is 25.7 Å². The molecular weight excluding hydrogens is 162 g/mol. The average molecular weight is 187 g/mol. The van der Waals surface area contributed by atoms with Crippen LogP contribution in [0.4, 0.5) is 0 Å². The first-order valence-corrected chi connectivity index (χ1v) is 5.54. The lowest BCUT2D eigenvalue weighted by Gasteiger charge is -2.15. The predicted octanol–water partition coefficient (Wildman–Crippen LogP) is 2.44. The summed E-state index contributed by atoms with van der Waals surface area (Å²) in [7, 11) is 1.78. The van der Waals surface area contributed by atoms with Crippen molar-refractivity contribution in [3.8, 4) is 0 Å². The number of methoxy groups -OCH3 is 1. The van der Waals surface area contributed by atoms with E-state index >= 15 is 0 Å².